The van der Waals surface area contributed by atoms with Crippen LogP contribution in [0.4, 0.5) is 4.70 Å². The summed E-state index contributed by atoms with van der Waals surface area (Å²) in [7, 11) is -5.96. The van der Waals surface area contributed by atoms with Gasteiger partial charge in [0.1, 0.15) is 0 Å². The molecular formula is C38H29B2Br6FO2P2. The van der Waals surface area contributed by atoms with Gasteiger partial charge in [0.2, 0.25) is 0 Å². The average molecular weight is 1100 g/mol. The molecule has 2 nitrogen and oxygen atoms in total. The van der Waals surface area contributed by atoms with Crippen molar-refractivity contribution in [3.63, 3.8) is 0 Å². The number of halogens is 7. The fourth-order valence-electron chi connectivity index (χ4n) is 6.61. The lowest BCUT2D eigenvalue weighted by molar-refractivity contribution is 0.591. The van der Waals surface area contributed by atoms with Gasteiger partial charge in [0.05, 0.1) is 0 Å². The Morgan fingerprint density at radius 3 is 1.25 bits per heavy atom. The van der Waals surface area contributed by atoms with Crippen molar-refractivity contribution in [2.75, 3.05) is 0 Å². The van der Waals surface area contributed by atoms with Gasteiger partial charge in [-0.1, -0.05) is 165 Å². The molecule has 51 heavy (non-hydrogen) atoms. The number of hydrogen-bond acceptors (Lipinski definition) is 2. The molecule has 0 spiro atoms. The fourth-order valence-corrected chi connectivity index (χ4v) is 19.9. The zero-order valence-electron chi connectivity index (χ0n) is 27.2. The average Bonchev–Trinajstić information content (AvgIpc) is 3.14. The highest BCUT2D eigenvalue weighted by atomic mass is 79.9. The summed E-state index contributed by atoms with van der Waals surface area (Å²) in [5.41, 5.74) is 4.66. The highest BCUT2D eigenvalue weighted by Gasteiger charge is 2.48. The molecule has 0 fully saturated rings. The lowest BCUT2D eigenvalue weighted by Crippen LogP contribution is -2.68. The van der Waals surface area contributed by atoms with Gasteiger partial charge in [-0.25, -0.2) is 0 Å². The van der Waals surface area contributed by atoms with Crippen LogP contribution in [-0.4, -0.2) is 11.1 Å². The fraction of sp³-hybridized carbons (Fsp3) is 0.0526. The summed E-state index contributed by atoms with van der Waals surface area (Å²) < 4.78 is 32.4. The van der Waals surface area contributed by atoms with Gasteiger partial charge < -0.3 is 9.13 Å². The molecule has 0 saturated carbocycles. The van der Waals surface area contributed by atoms with Crippen LogP contribution in [0.1, 0.15) is 13.8 Å². The molecule has 258 valence electrons. The van der Waals surface area contributed by atoms with E-state index in [0.717, 1.165) is 71.6 Å². The molecule has 0 amide bonds. The van der Waals surface area contributed by atoms with Crippen LogP contribution < -0.4 is 53.7 Å². The molecule has 0 atom stereocenters. The molecule has 2 heterocycles. The summed E-state index contributed by atoms with van der Waals surface area (Å²) in [4.78, 5) is 0. The molecule has 0 aromatic heterocycles. The van der Waals surface area contributed by atoms with Gasteiger partial charge in [0.15, 0.2) is 14.3 Å². The molecule has 6 aromatic carbocycles. The Bertz CT molecular complexity index is 2200. The van der Waals surface area contributed by atoms with E-state index in [4.69, 9.17) is 0 Å². The highest BCUT2D eigenvalue weighted by Crippen LogP contribution is 2.50. The van der Waals surface area contributed by atoms with Crippen molar-refractivity contribution in [1.29, 1.82) is 0 Å². The van der Waals surface area contributed by atoms with Gasteiger partial charge in [-0.3, -0.25) is 4.70 Å². The first-order valence-electron chi connectivity index (χ1n) is 15.9. The second-order valence-electron chi connectivity index (χ2n) is 11.3. The summed E-state index contributed by atoms with van der Waals surface area (Å²) in [6.45, 7) is 4.00. The maximum atomic E-state index is 14.6. The molecular weight excluding hydrogens is 1070 g/mol. The minimum Gasteiger partial charge on any atom is -0.309 e. The first-order valence-corrected chi connectivity index (χ1v) is 24.3. The second kappa shape index (κ2) is 17.0. The van der Waals surface area contributed by atoms with Crippen LogP contribution in [0.25, 0.3) is 0 Å². The van der Waals surface area contributed by atoms with E-state index in [-0.39, 0.29) is 15.8 Å². The summed E-state index contributed by atoms with van der Waals surface area (Å²) in [5.74, 6) is 0. The van der Waals surface area contributed by atoms with E-state index in [9.17, 15) is 9.13 Å². The third kappa shape index (κ3) is 7.06. The van der Waals surface area contributed by atoms with Crippen LogP contribution >= 0.6 is 110 Å². The number of fused-ring (bicyclic) bond motifs is 4. The molecule has 0 unspecified atom stereocenters. The molecule has 0 radical (unpaired) electrons. The van der Waals surface area contributed by atoms with Crippen molar-refractivity contribution in [2.24, 2.45) is 0 Å². The van der Waals surface area contributed by atoms with Gasteiger partial charge in [0.25, 0.3) is 11.1 Å². The highest BCUT2D eigenvalue weighted by molar-refractivity contribution is 9.25. The molecule has 13 heteroatoms. The smallest absolute Gasteiger partial charge is 0.288 e. The Morgan fingerprint density at radius 1 is 0.490 bits per heavy atom. The van der Waals surface area contributed by atoms with E-state index in [1.165, 1.54) is 0 Å². The van der Waals surface area contributed by atoms with E-state index in [1.807, 2.05) is 117 Å². The summed E-state index contributed by atoms with van der Waals surface area (Å²) in [6, 6.07) is 43.7. The second-order valence-corrected chi connectivity index (χ2v) is 21.8. The summed E-state index contributed by atoms with van der Waals surface area (Å²) in [6.07, 6.45) is 0. The van der Waals surface area contributed by atoms with Crippen LogP contribution in [0.5, 0.6) is 0 Å². The SMILES string of the molecule is CC.F.O=P(c1ccccc1Br)(c1ccccc1Br)c1c(Br)cccc1Br.O=P12c3ccccc3B(Br)c3cccc(c31)B(Br)c1ccccc12. The van der Waals surface area contributed by atoms with E-state index in [1.54, 1.807) is 0 Å². The Labute approximate surface area is 349 Å². The van der Waals surface area contributed by atoms with Crippen LogP contribution in [0.2, 0.25) is 0 Å². The quantitative estimate of drug-likeness (QED) is 0.132. The molecule has 0 aliphatic carbocycles. The standard InChI is InChI=1S/C18H11B2Br2OP.C18H11Br4OP.C2H6.FH/c21-19-12-6-1-3-10-16(12)24(23)17-11-4-2-7-13(17)20(22)15-9-5-8-14(19)18(15)24;19-12-6-1-3-10-16(12)24(23,17-11-4-2-7-13(17)20)18-14(21)8-5-9-15(18)22;1-2;/h2*1-11H;1-2H3;1H. The Morgan fingerprint density at radius 2 is 0.824 bits per heavy atom. The predicted molar refractivity (Wildman–Crippen MR) is 244 cm³/mol. The molecule has 0 saturated heterocycles. The van der Waals surface area contributed by atoms with Crippen LogP contribution in [0.15, 0.2) is 151 Å². The lowest BCUT2D eigenvalue weighted by Gasteiger charge is -2.38. The summed E-state index contributed by atoms with van der Waals surface area (Å²) >= 11 is 22.0. The third-order valence-corrected chi connectivity index (χ3v) is 21.2. The van der Waals surface area contributed by atoms with Gasteiger partial charge in [-0.15, -0.1) is 31.5 Å². The van der Waals surface area contributed by atoms with Crippen molar-refractivity contribution in [3.05, 3.63) is 151 Å². The topological polar surface area (TPSA) is 34.1 Å². The monoisotopic (exact) mass is 1090 g/mol. The first-order chi connectivity index (χ1) is 24.1. The maximum absolute atomic E-state index is 14.6. The normalized spacial score (nSPS) is 13.2. The molecule has 2 aliphatic rings. The van der Waals surface area contributed by atoms with Crippen LogP contribution in [0, 0.1) is 0 Å². The molecule has 2 aliphatic heterocycles. The van der Waals surface area contributed by atoms with Crippen molar-refractivity contribution < 1.29 is 13.8 Å². The van der Waals surface area contributed by atoms with Gasteiger partial charge in [-0.2, -0.15) is 0 Å². The van der Waals surface area contributed by atoms with Gasteiger partial charge in [-0.05, 0) is 68.3 Å². The number of hydrogen-bond donors (Lipinski definition) is 0. The molecule has 8 rings (SSSR count). The zero-order valence-corrected chi connectivity index (χ0v) is 38.5. The lowest BCUT2D eigenvalue weighted by atomic mass is 9.57. The number of rotatable bonds is 3. The van der Waals surface area contributed by atoms with Gasteiger partial charge in [0, 0.05) is 49.7 Å². The van der Waals surface area contributed by atoms with Crippen molar-refractivity contribution in [2.45, 2.75) is 13.8 Å². The molecule has 0 N–H and O–H groups in total. The number of benzene rings is 6. The zero-order chi connectivity index (χ0) is 35.8. The van der Waals surface area contributed by atoms with Gasteiger partial charge >= 0.3 is 0 Å². The van der Waals surface area contributed by atoms with E-state index >= 15 is 0 Å². The predicted octanol–water partition coefficient (Wildman–Crippen LogP) is 8.51. The van der Waals surface area contributed by atoms with Crippen molar-refractivity contribution in [1.82, 2.24) is 0 Å². The minimum absolute atomic E-state index is 0. The molecule has 6 aromatic rings. The Balaban J connectivity index is 0.000000185. The van der Waals surface area contributed by atoms with E-state index < -0.39 is 14.3 Å². The van der Waals surface area contributed by atoms with Crippen molar-refractivity contribution >= 4 is 174 Å². The minimum atomic E-state index is -3.11. The van der Waals surface area contributed by atoms with Crippen LogP contribution in [0.3, 0.4) is 0 Å². The van der Waals surface area contributed by atoms with E-state index in [2.05, 4.69) is 126 Å². The van der Waals surface area contributed by atoms with Crippen molar-refractivity contribution in [3.8, 4) is 0 Å². The maximum Gasteiger partial charge on any atom is 0.288 e. The molecule has 0 bridgehead atoms. The third-order valence-electron chi connectivity index (χ3n) is 8.69. The Hall–Kier alpha value is -1.28. The Kier molecular flexibility index (Phi) is 13.7. The largest absolute Gasteiger partial charge is 0.309 e. The summed E-state index contributed by atoms with van der Waals surface area (Å²) in [5, 5.41) is 5.25. The van der Waals surface area contributed by atoms with Crippen LogP contribution in [-0.2, 0) is 9.13 Å². The van der Waals surface area contributed by atoms with E-state index in [0.29, 0.717) is 0 Å². The first kappa shape index (κ1) is 40.9.